The Kier molecular flexibility index (Phi) is 2.82. The van der Waals surface area contributed by atoms with E-state index < -0.39 is 12.7 Å². The summed E-state index contributed by atoms with van der Waals surface area (Å²) in [7, 11) is 1.48. The van der Waals surface area contributed by atoms with E-state index >= 15 is 0 Å². The van der Waals surface area contributed by atoms with Crippen molar-refractivity contribution in [3.05, 3.63) is 29.3 Å². The van der Waals surface area contributed by atoms with Crippen molar-refractivity contribution in [2.75, 3.05) is 18.5 Å². The third kappa shape index (κ3) is 2.49. The summed E-state index contributed by atoms with van der Waals surface area (Å²) in [5, 5.41) is 0. The lowest BCUT2D eigenvalue weighted by atomic mass is 10.1. The fourth-order valence-corrected chi connectivity index (χ4v) is 2.16. The molecule has 0 aliphatic heterocycles. The zero-order valence-corrected chi connectivity index (χ0v) is 9.14. The van der Waals surface area contributed by atoms with Gasteiger partial charge in [-0.2, -0.15) is 13.2 Å². The third-order valence-electron chi connectivity index (χ3n) is 2.94. The van der Waals surface area contributed by atoms with Gasteiger partial charge in [-0.15, -0.1) is 0 Å². The van der Waals surface area contributed by atoms with Gasteiger partial charge in [-0.05, 0) is 42.5 Å². The predicted octanol–water partition coefficient (Wildman–Crippen LogP) is 3.17. The predicted molar refractivity (Wildman–Crippen MR) is 57.8 cm³/mol. The van der Waals surface area contributed by atoms with Crippen LogP contribution in [0.3, 0.4) is 0 Å². The van der Waals surface area contributed by atoms with Crippen molar-refractivity contribution in [1.29, 1.82) is 0 Å². The minimum atomic E-state index is -4.15. The molecule has 88 valence electrons. The molecule has 0 unspecified atom stereocenters. The molecule has 0 saturated heterocycles. The molecule has 0 aromatic heterocycles. The minimum Gasteiger partial charge on any atom is -0.366 e. The van der Waals surface area contributed by atoms with Crippen molar-refractivity contribution in [3.8, 4) is 0 Å². The first-order valence-electron chi connectivity index (χ1n) is 5.35. The number of fused-ring (bicyclic) bond motifs is 1. The van der Waals surface area contributed by atoms with Crippen LogP contribution in [0.4, 0.5) is 18.9 Å². The van der Waals surface area contributed by atoms with Crippen molar-refractivity contribution in [2.24, 2.45) is 0 Å². The van der Waals surface area contributed by atoms with Crippen LogP contribution in [0, 0.1) is 0 Å². The van der Waals surface area contributed by atoms with Crippen molar-refractivity contribution in [1.82, 2.24) is 0 Å². The van der Waals surface area contributed by atoms with Gasteiger partial charge in [-0.1, -0.05) is 6.07 Å². The van der Waals surface area contributed by atoms with Crippen LogP contribution in [0.25, 0.3) is 0 Å². The van der Waals surface area contributed by atoms with Crippen molar-refractivity contribution in [3.63, 3.8) is 0 Å². The molecule has 0 fully saturated rings. The largest absolute Gasteiger partial charge is 0.405 e. The SMILES string of the molecule is CN(CC(F)(F)F)c1ccc2c(c1)CCC2. The van der Waals surface area contributed by atoms with E-state index in [2.05, 4.69) is 0 Å². The maximum atomic E-state index is 12.2. The zero-order chi connectivity index (χ0) is 11.8. The molecule has 0 atom stereocenters. The van der Waals surface area contributed by atoms with E-state index in [1.165, 1.54) is 23.1 Å². The van der Waals surface area contributed by atoms with E-state index in [9.17, 15) is 13.2 Å². The summed E-state index contributed by atoms with van der Waals surface area (Å²) in [6, 6.07) is 5.61. The standard InChI is InChI=1S/C12H14F3N/c1-16(8-12(13,14)15)11-6-5-9-3-2-4-10(9)7-11/h5-7H,2-4,8H2,1H3. The van der Waals surface area contributed by atoms with Gasteiger partial charge < -0.3 is 4.90 Å². The normalized spacial score (nSPS) is 15.0. The van der Waals surface area contributed by atoms with Gasteiger partial charge in [0, 0.05) is 12.7 Å². The molecule has 1 aliphatic carbocycles. The van der Waals surface area contributed by atoms with E-state index in [1.54, 1.807) is 6.07 Å². The monoisotopic (exact) mass is 229 g/mol. The quantitative estimate of drug-likeness (QED) is 0.752. The van der Waals surface area contributed by atoms with Gasteiger partial charge in [0.15, 0.2) is 0 Å². The molecule has 1 nitrogen and oxygen atoms in total. The molecule has 16 heavy (non-hydrogen) atoms. The first kappa shape index (κ1) is 11.3. The molecule has 0 spiro atoms. The molecule has 4 heteroatoms. The maximum Gasteiger partial charge on any atom is 0.405 e. The molecule has 1 aromatic rings. The molecule has 0 saturated carbocycles. The van der Waals surface area contributed by atoms with Crippen LogP contribution >= 0.6 is 0 Å². The van der Waals surface area contributed by atoms with Gasteiger partial charge in [0.2, 0.25) is 0 Å². The van der Waals surface area contributed by atoms with E-state index in [4.69, 9.17) is 0 Å². The van der Waals surface area contributed by atoms with E-state index in [1.807, 2.05) is 12.1 Å². The lowest BCUT2D eigenvalue weighted by molar-refractivity contribution is -0.119. The molecule has 0 radical (unpaired) electrons. The Labute approximate surface area is 92.9 Å². The van der Waals surface area contributed by atoms with Crippen molar-refractivity contribution in [2.45, 2.75) is 25.4 Å². The van der Waals surface area contributed by atoms with E-state index in [0.29, 0.717) is 5.69 Å². The first-order valence-corrected chi connectivity index (χ1v) is 5.35. The van der Waals surface area contributed by atoms with Gasteiger partial charge in [-0.3, -0.25) is 0 Å². The Hall–Kier alpha value is -1.19. The highest BCUT2D eigenvalue weighted by Gasteiger charge is 2.29. The number of benzene rings is 1. The van der Waals surface area contributed by atoms with Gasteiger partial charge in [-0.25, -0.2) is 0 Å². The number of anilines is 1. The number of nitrogens with zero attached hydrogens (tertiary/aromatic N) is 1. The number of halogens is 3. The molecule has 0 amide bonds. The van der Waals surface area contributed by atoms with Crippen LogP contribution in [-0.4, -0.2) is 19.8 Å². The molecule has 0 heterocycles. The maximum absolute atomic E-state index is 12.2. The molecule has 0 N–H and O–H groups in total. The topological polar surface area (TPSA) is 3.24 Å². The van der Waals surface area contributed by atoms with Gasteiger partial charge in [0.1, 0.15) is 6.54 Å². The van der Waals surface area contributed by atoms with Crippen LogP contribution < -0.4 is 4.90 Å². The van der Waals surface area contributed by atoms with E-state index in [-0.39, 0.29) is 0 Å². The van der Waals surface area contributed by atoms with Crippen molar-refractivity contribution >= 4 is 5.69 Å². The van der Waals surface area contributed by atoms with E-state index in [0.717, 1.165) is 19.3 Å². The first-order chi connectivity index (χ1) is 7.46. The molecular weight excluding hydrogens is 215 g/mol. The zero-order valence-electron chi connectivity index (χ0n) is 9.14. The number of alkyl halides is 3. The highest BCUT2D eigenvalue weighted by atomic mass is 19.4. The Morgan fingerprint density at radius 3 is 2.56 bits per heavy atom. The van der Waals surface area contributed by atoms with Gasteiger partial charge >= 0.3 is 6.18 Å². The highest BCUT2D eigenvalue weighted by Crippen LogP contribution is 2.27. The molecular formula is C12H14F3N. The van der Waals surface area contributed by atoms with Crippen LogP contribution in [0.1, 0.15) is 17.5 Å². The number of hydrogen-bond acceptors (Lipinski definition) is 1. The number of aryl methyl sites for hydroxylation is 2. The summed E-state index contributed by atoms with van der Waals surface area (Å²) in [5.74, 6) is 0. The average molecular weight is 229 g/mol. The Bertz CT molecular complexity index is 384. The van der Waals surface area contributed by atoms with Crippen molar-refractivity contribution < 1.29 is 13.2 Å². The Balaban J connectivity index is 2.15. The second-order valence-electron chi connectivity index (χ2n) is 4.28. The van der Waals surface area contributed by atoms with Crippen LogP contribution in [0.15, 0.2) is 18.2 Å². The van der Waals surface area contributed by atoms with Crippen LogP contribution in [-0.2, 0) is 12.8 Å². The van der Waals surface area contributed by atoms with Gasteiger partial charge in [0.05, 0.1) is 0 Å². The van der Waals surface area contributed by atoms with Crippen LogP contribution in [0.2, 0.25) is 0 Å². The summed E-state index contributed by atoms with van der Waals surface area (Å²) < 4.78 is 36.7. The fraction of sp³-hybridized carbons (Fsp3) is 0.500. The van der Waals surface area contributed by atoms with Gasteiger partial charge in [0.25, 0.3) is 0 Å². The second kappa shape index (κ2) is 4.00. The smallest absolute Gasteiger partial charge is 0.366 e. The molecule has 1 aromatic carbocycles. The summed E-state index contributed by atoms with van der Waals surface area (Å²) in [6.07, 6.45) is -0.989. The molecule has 2 rings (SSSR count). The second-order valence-corrected chi connectivity index (χ2v) is 4.28. The third-order valence-corrected chi connectivity index (χ3v) is 2.94. The Morgan fingerprint density at radius 1 is 1.19 bits per heavy atom. The summed E-state index contributed by atoms with van der Waals surface area (Å²) in [5.41, 5.74) is 3.13. The molecule has 1 aliphatic rings. The Morgan fingerprint density at radius 2 is 1.88 bits per heavy atom. The lowest BCUT2D eigenvalue weighted by Crippen LogP contribution is -2.30. The highest BCUT2D eigenvalue weighted by molar-refractivity contribution is 5.51. The summed E-state index contributed by atoms with van der Waals surface area (Å²) in [4.78, 5) is 1.25. The number of hydrogen-bond donors (Lipinski definition) is 0. The lowest BCUT2D eigenvalue weighted by Gasteiger charge is -2.21. The number of rotatable bonds is 2. The molecule has 0 bridgehead atoms. The minimum absolute atomic E-state index is 0.651. The summed E-state index contributed by atoms with van der Waals surface area (Å²) in [6.45, 7) is -0.897. The van der Waals surface area contributed by atoms with Crippen LogP contribution in [0.5, 0.6) is 0 Å². The fourth-order valence-electron chi connectivity index (χ4n) is 2.16. The summed E-state index contributed by atoms with van der Waals surface area (Å²) >= 11 is 0. The average Bonchev–Trinajstić information content (AvgIpc) is 2.61.